The van der Waals surface area contributed by atoms with Crippen LogP contribution < -0.4 is 10.6 Å². The number of amides is 3. The molecule has 2 rings (SSSR count). The first-order chi connectivity index (χ1) is 15.0. The molecular formula is C25H39N3O4. The molecule has 7 heteroatoms. The second kappa shape index (κ2) is 11.3. The molecule has 0 heterocycles. The van der Waals surface area contributed by atoms with Gasteiger partial charge in [-0.1, -0.05) is 31.5 Å². The van der Waals surface area contributed by atoms with Crippen LogP contribution in [0.2, 0.25) is 0 Å². The number of alkyl carbamates (subject to hydrolysis) is 1. The van der Waals surface area contributed by atoms with E-state index in [1.807, 2.05) is 32.0 Å². The summed E-state index contributed by atoms with van der Waals surface area (Å²) in [6.07, 6.45) is 3.92. The zero-order valence-electron chi connectivity index (χ0n) is 20.4. The molecule has 0 saturated heterocycles. The van der Waals surface area contributed by atoms with Gasteiger partial charge in [-0.15, -0.1) is 0 Å². The van der Waals surface area contributed by atoms with Crippen LogP contribution in [-0.2, 0) is 14.3 Å². The fourth-order valence-corrected chi connectivity index (χ4v) is 3.92. The molecule has 0 spiro atoms. The lowest BCUT2D eigenvalue weighted by Crippen LogP contribution is -2.54. The van der Waals surface area contributed by atoms with Crippen LogP contribution in [-0.4, -0.2) is 47.5 Å². The third kappa shape index (κ3) is 6.97. The van der Waals surface area contributed by atoms with Crippen molar-refractivity contribution in [3.8, 4) is 0 Å². The Morgan fingerprint density at radius 2 is 1.75 bits per heavy atom. The molecule has 1 aliphatic rings. The number of unbranched alkanes of at least 4 members (excludes halogenated alkanes) is 1. The zero-order chi connectivity index (χ0) is 23.9. The first-order valence-electron chi connectivity index (χ1n) is 11.7. The normalized spacial score (nSPS) is 14.8. The van der Waals surface area contributed by atoms with E-state index >= 15 is 0 Å². The Hall–Kier alpha value is -2.57. The Bertz CT molecular complexity index is 792. The Morgan fingerprint density at radius 3 is 2.25 bits per heavy atom. The molecule has 0 aliphatic heterocycles. The maximum Gasteiger partial charge on any atom is 0.408 e. The predicted octanol–water partition coefficient (Wildman–Crippen LogP) is 4.17. The molecule has 1 aromatic rings. The van der Waals surface area contributed by atoms with Gasteiger partial charge in [0.2, 0.25) is 11.8 Å². The average Bonchev–Trinajstić information content (AvgIpc) is 2.65. The molecule has 0 bridgehead atoms. The van der Waals surface area contributed by atoms with E-state index in [-0.39, 0.29) is 24.4 Å². The predicted molar refractivity (Wildman–Crippen MR) is 125 cm³/mol. The van der Waals surface area contributed by atoms with Crippen LogP contribution in [0.4, 0.5) is 4.79 Å². The summed E-state index contributed by atoms with van der Waals surface area (Å²) in [7, 11) is 0. The van der Waals surface area contributed by atoms with E-state index in [1.165, 1.54) is 0 Å². The molecular weight excluding hydrogens is 406 g/mol. The van der Waals surface area contributed by atoms with E-state index < -0.39 is 17.7 Å². The van der Waals surface area contributed by atoms with Gasteiger partial charge in [0.1, 0.15) is 18.2 Å². The van der Waals surface area contributed by atoms with Crippen molar-refractivity contribution in [3.63, 3.8) is 0 Å². The highest BCUT2D eigenvalue weighted by Gasteiger charge is 2.39. The van der Waals surface area contributed by atoms with Gasteiger partial charge in [-0.2, -0.15) is 0 Å². The molecule has 1 atom stereocenters. The Kier molecular flexibility index (Phi) is 9.10. The monoisotopic (exact) mass is 445 g/mol. The van der Waals surface area contributed by atoms with Gasteiger partial charge in [0.05, 0.1) is 0 Å². The summed E-state index contributed by atoms with van der Waals surface area (Å²) in [4.78, 5) is 40.6. The fourth-order valence-electron chi connectivity index (χ4n) is 3.92. The number of ether oxygens (including phenoxy) is 1. The molecule has 0 radical (unpaired) electrons. The van der Waals surface area contributed by atoms with Crippen LogP contribution in [0.25, 0.3) is 0 Å². The lowest BCUT2D eigenvalue weighted by molar-refractivity contribution is -0.145. The summed E-state index contributed by atoms with van der Waals surface area (Å²) in [5, 5.41) is 5.59. The number of nitrogens with zero attached hydrogens (tertiary/aromatic N) is 1. The summed E-state index contributed by atoms with van der Waals surface area (Å²) in [6.45, 7) is 11.7. The third-order valence-corrected chi connectivity index (χ3v) is 5.71. The van der Waals surface area contributed by atoms with Crippen LogP contribution >= 0.6 is 0 Å². The number of carbonyl (C=O) groups is 3. The van der Waals surface area contributed by atoms with Crippen molar-refractivity contribution in [1.29, 1.82) is 0 Å². The van der Waals surface area contributed by atoms with E-state index in [0.717, 1.165) is 48.8 Å². The number of hydrogen-bond acceptors (Lipinski definition) is 4. The maximum atomic E-state index is 13.4. The molecule has 1 aromatic carbocycles. The summed E-state index contributed by atoms with van der Waals surface area (Å²) in [5.41, 5.74) is 2.15. The lowest BCUT2D eigenvalue weighted by atomic mass is 9.86. The number of nitrogens with one attached hydrogen (secondary N) is 2. The Labute approximate surface area is 192 Å². The molecule has 1 aliphatic carbocycles. The quantitative estimate of drug-likeness (QED) is 0.559. The number of aryl methyl sites for hydroxylation is 2. The number of rotatable bonds is 9. The van der Waals surface area contributed by atoms with Crippen LogP contribution in [0.15, 0.2) is 18.2 Å². The van der Waals surface area contributed by atoms with Crippen molar-refractivity contribution in [1.82, 2.24) is 15.5 Å². The van der Waals surface area contributed by atoms with Crippen LogP contribution in [0.3, 0.4) is 0 Å². The number of hydrogen-bond donors (Lipinski definition) is 2. The summed E-state index contributed by atoms with van der Waals surface area (Å²) < 4.78 is 5.26. The largest absolute Gasteiger partial charge is 0.444 e. The van der Waals surface area contributed by atoms with Crippen LogP contribution in [0, 0.1) is 13.8 Å². The van der Waals surface area contributed by atoms with E-state index in [2.05, 4.69) is 17.6 Å². The highest BCUT2D eigenvalue weighted by molar-refractivity contribution is 5.91. The molecule has 7 nitrogen and oxygen atoms in total. The van der Waals surface area contributed by atoms with E-state index in [0.29, 0.717) is 6.54 Å². The minimum Gasteiger partial charge on any atom is -0.444 e. The molecule has 178 valence electrons. The Balaban J connectivity index is 2.33. The van der Waals surface area contributed by atoms with Gasteiger partial charge in [-0.25, -0.2) is 4.79 Å². The lowest BCUT2D eigenvalue weighted by Gasteiger charge is -2.43. The van der Waals surface area contributed by atoms with Crippen molar-refractivity contribution >= 4 is 17.9 Å². The van der Waals surface area contributed by atoms with Gasteiger partial charge in [0, 0.05) is 12.6 Å². The van der Waals surface area contributed by atoms with Gasteiger partial charge in [-0.3, -0.25) is 9.59 Å². The molecule has 1 fully saturated rings. The highest BCUT2D eigenvalue weighted by atomic mass is 16.6. The zero-order valence-corrected chi connectivity index (χ0v) is 20.4. The molecule has 32 heavy (non-hydrogen) atoms. The molecule has 1 saturated carbocycles. The first kappa shape index (κ1) is 25.7. The van der Waals surface area contributed by atoms with Crippen molar-refractivity contribution in [3.05, 3.63) is 34.9 Å². The van der Waals surface area contributed by atoms with Gasteiger partial charge in [0.25, 0.3) is 0 Å². The minimum atomic E-state index is -0.730. The van der Waals surface area contributed by atoms with Gasteiger partial charge in [-0.05, 0) is 77.0 Å². The SMILES string of the molecule is CCCCNC(=O)C(c1c(C)cccc1C)N(C(=O)CNC(=O)OC(C)(C)C)C1CCC1. The molecule has 2 N–H and O–H groups in total. The van der Waals surface area contributed by atoms with E-state index in [9.17, 15) is 14.4 Å². The van der Waals surface area contributed by atoms with Crippen molar-refractivity contribution < 1.29 is 19.1 Å². The topological polar surface area (TPSA) is 87.7 Å². The second-order valence-corrected chi connectivity index (χ2v) is 9.59. The molecule has 0 aromatic heterocycles. The van der Waals surface area contributed by atoms with E-state index in [4.69, 9.17) is 4.74 Å². The van der Waals surface area contributed by atoms with E-state index in [1.54, 1.807) is 25.7 Å². The standard InChI is InChI=1S/C25H39N3O4/c1-7-8-15-26-23(30)22(21-17(2)11-9-12-18(21)3)28(19-13-10-14-19)20(29)16-27-24(31)32-25(4,5)6/h9,11-12,19,22H,7-8,10,13-16H2,1-6H3,(H,26,30)(H,27,31). The summed E-state index contributed by atoms with van der Waals surface area (Å²) >= 11 is 0. The average molecular weight is 446 g/mol. The van der Waals surface area contributed by atoms with Crippen molar-refractivity contribution in [2.24, 2.45) is 0 Å². The molecule has 3 amide bonds. The van der Waals surface area contributed by atoms with Gasteiger partial charge >= 0.3 is 6.09 Å². The van der Waals surface area contributed by atoms with Gasteiger partial charge < -0.3 is 20.3 Å². The second-order valence-electron chi connectivity index (χ2n) is 9.59. The third-order valence-electron chi connectivity index (χ3n) is 5.71. The van der Waals surface area contributed by atoms with Crippen LogP contribution in [0.5, 0.6) is 0 Å². The highest BCUT2D eigenvalue weighted by Crippen LogP contribution is 2.35. The molecule has 1 unspecified atom stereocenters. The minimum absolute atomic E-state index is 0.0242. The van der Waals surface area contributed by atoms with Crippen LogP contribution in [0.1, 0.15) is 82.5 Å². The Morgan fingerprint density at radius 1 is 1.12 bits per heavy atom. The summed E-state index contributed by atoms with van der Waals surface area (Å²) in [5.74, 6) is -0.452. The fraction of sp³-hybridized carbons (Fsp3) is 0.640. The number of benzene rings is 1. The number of carbonyl (C=O) groups excluding carboxylic acids is 3. The van der Waals surface area contributed by atoms with Crippen molar-refractivity contribution in [2.45, 2.75) is 91.3 Å². The van der Waals surface area contributed by atoms with Gasteiger partial charge in [0.15, 0.2) is 0 Å². The smallest absolute Gasteiger partial charge is 0.408 e. The maximum absolute atomic E-state index is 13.4. The first-order valence-corrected chi connectivity index (χ1v) is 11.7. The van der Waals surface area contributed by atoms with Crippen molar-refractivity contribution in [2.75, 3.05) is 13.1 Å². The summed E-state index contributed by atoms with van der Waals surface area (Å²) in [6, 6.07) is 5.14.